The highest BCUT2D eigenvalue weighted by Crippen LogP contribution is 2.24. The molecule has 0 bridgehead atoms. The van der Waals surface area contributed by atoms with E-state index >= 15 is 0 Å². The van der Waals surface area contributed by atoms with Crippen LogP contribution in [0.3, 0.4) is 0 Å². The highest BCUT2D eigenvalue weighted by Gasteiger charge is 2.15. The van der Waals surface area contributed by atoms with Crippen molar-refractivity contribution in [1.29, 1.82) is 0 Å². The van der Waals surface area contributed by atoms with Crippen LogP contribution >= 0.6 is 0 Å². The molecule has 1 aromatic carbocycles. The molecule has 0 aliphatic carbocycles. The zero-order chi connectivity index (χ0) is 13.9. The van der Waals surface area contributed by atoms with E-state index < -0.39 is 0 Å². The van der Waals surface area contributed by atoms with Crippen molar-refractivity contribution in [3.63, 3.8) is 0 Å². The molecule has 0 saturated heterocycles. The van der Waals surface area contributed by atoms with E-state index in [0.717, 1.165) is 5.56 Å². The number of carbonyl (C=O) groups excluding carboxylic acids is 1. The highest BCUT2D eigenvalue weighted by molar-refractivity contribution is 5.83. The van der Waals surface area contributed by atoms with Crippen LogP contribution < -0.4 is 0 Å². The van der Waals surface area contributed by atoms with Gasteiger partial charge in [-0.3, -0.25) is 9.78 Å². The Kier molecular flexibility index (Phi) is 2.96. The Balaban J connectivity index is 2.20. The van der Waals surface area contributed by atoms with E-state index in [1.165, 1.54) is 0 Å². The molecule has 0 spiro atoms. The van der Waals surface area contributed by atoms with Crippen molar-refractivity contribution in [3.8, 4) is 22.7 Å². The molecule has 98 valence electrons. The van der Waals surface area contributed by atoms with E-state index in [2.05, 4.69) is 15.3 Å². The zero-order valence-electron chi connectivity index (χ0n) is 10.3. The van der Waals surface area contributed by atoms with Crippen molar-refractivity contribution in [1.82, 2.24) is 20.0 Å². The summed E-state index contributed by atoms with van der Waals surface area (Å²) in [6.45, 7) is 0. The SMILES string of the molecule is O=Cc1nnn(-c2ccc(O)cc2)c1-c1cccnc1. The third-order valence-electron chi connectivity index (χ3n) is 2.84. The Morgan fingerprint density at radius 3 is 2.60 bits per heavy atom. The molecule has 3 aromatic rings. The fourth-order valence-electron chi connectivity index (χ4n) is 1.92. The standard InChI is InChI=1S/C14H10N4O2/c19-9-13-14(10-2-1-7-15-8-10)18(17-16-13)11-3-5-12(20)6-4-11/h1-9,20H. The van der Waals surface area contributed by atoms with Crippen molar-refractivity contribution in [3.05, 3.63) is 54.5 Å². The van der Waals surface area contributed by atoms with Gasteiger partial charge in [0, 0.05) is 18.0 Å². The molecule has 6 nitrogen and oxygen atoms in total. The smallest absolute Gasteiger partial charge is 0.172 e. The Morgan fingerprint density at radius 1 is 1.15 bits per heavy atom. The summed E-state index contributed by atoms with van der Waals surface area (Å²) in [6, 6.07) is 10.1. The van der Waals surface area contributed by atoms with Crippen molar-refractivity contribution < 1.29 is 9.90 Å². The summed E-state index contributed by atoms with van der Waals surface area (Å²) in [5.74, 6) is 0.160. The largest absolute Gasteiger partial charge is 0.508 e. The maximum absolute atomic E-state index is 11.1. The average Bonchev–Trinajstić information content (AvgIpc) is 2.93. The van der Waals surface area contributed by atoms with Crippen LogP contribution in [0.2, 0.25) is 0 Å². The number of rotatable bonds is 3. The van der Waals surface area contributed by atoms with Crippen LogP contribution in [-0.2, 0) is 0 Å². The Hall–Kier alpha value is -3.02. The summed E-state index contributed by atoms with van der Waals surface area (Å²) in [5.41, 5.74) is 2.25. The van der Waals surface area contributed by atoms with Crippen LogP contribution in [-0.4, -0.2) is 31.4 Å². The van der Waals surface area contributed by atoms with Gasteiger partial charge in [-0.1, -0.05) is 5.21 Å². The van der Waals surface area contributed by atoms with E-state index in [1.54, 1.807) is 47.4 Å². The molecule has 0 unspecified atom stereocenters. The molecule has 0 aliphatic rings. The molecule has 20 heavy (non-hydrogen) atoms. The summed E-state index contributed by atoms with van der Waals surface area (Å²) >= 11 is 0. The van der Waals surface area contributed by atoms with Gasteiger partial charge >= 0.3 is 0 Å². The van der Waals surface area contributed by atoms with E-state index in [4.69, 9.17) is 0 Å². The first-order valence-electron chi connectivity index (χ1n) is 5.90. The molecule has 2 heterocycles. The van der Waals surface area contributed by atoms with Gasteiger partial charge in [0.1, 0.15) is 11.4 Å². The van der Waals surface area contributed by atoms with Crippen molar-refractivity contribution >= 4 is 6.29 Å². The molecule has 0 atom stereocenters. The number of nitrogens with zero attached hydrogens (tertiary/aromatic N) is 4. The number of phenolic OH excluding ortho intramolecular Hbond substituents is 1. The predicted molar refractivity (Wildman–Crippen MR) is 71.6 cm³/mol. The Bertz CT molecular complexity index is 736. The summed E-state index contributed by atoms with van der Waals surface area (Å²) in [7, 11) is 0. The molecular formula is C14H10N4O2. The number of phenols is 1. The molecular weight excluding hydrogens is 256 g/mol. The second-order valence-corrected chi connectivity index (χ2v) is 4.11. The lowest BCUT2D eigenvalue weighted by Crippen LogP contribution is -2.00. The van der Waals surface area contributed by atoms with Crippen LogP contribution in [0.25, 0.3) is 16.9 Å². The fourth-order valence-corrected chi connectivity index (χ4v) is 1.92. The van der Waals surface area contributed by atoms with E-state index in [9.17, 15) is 9.90 Å². The molecule has 0 amide bonds. The minimum atomic E-state index is 0.160. The number of benzene rings is 1. The Labute approximate surface area is 114 Å². The van der Waals surface area contributed by atoms with E-state index in [0.29, 0.717) is 17.7 Å². The van der Waals surface area contributed by atoms with Crippen LogP contribution in [0, 0.1) is 0 Å². The van der Waals surface area contributed by atoms with Gasteiger partial charge in [-0.15, -0.1) is 5.10 Å². The third kappa shape index (κ3) is 2.03. The topological polar surface area (TPSA) is 80.9 Å². The second kappa shape index (κ2) is 4.93. The first-order valence-corrected chi connectivity index (χ1v) is 5.90. The van der Waals surface area contributed by atoms with Gasteiger partial charge in [-0.05, 0) is 36.4 Å². The molecule has 0 saturated carbocycles. The first kappa shape index (κ1) is 12.0. The molecule has 2 aromatic heterocycles. The fraction of sp³-hybridized carbons (Fsp3) is 0. The van der Waals surface area contributed by atoms with Gasteiger partial charge in [-0.25, -0.2) is 4.68 Å². The second-order valence-electron chi connectivity index (χ2n) is 4.11. The van der Waals surface area contributed by atoms with Gasteiger partial charge in [0.25, 0.3) is 0 Å². The molecule has 3 rings (SSSR count). The van der Waals surface area contributed by atoms with E-state index in [1.807, 2.05) is 6.07 Å². The van der Waals surface area contributed by atoms with Crippen LogP contribution in [0.4, 0.5) is 0 Å². The minimum Gasteiger partial charge on any atom is -0.508 e. The number of aldehydes is 1. The van der Waals surface area contributed by atoms with Gasteiger partial charge in [0.15, 0.2) is 12.0 Å². The van der Waals surface area contributed by atoms with Crippen LogP contribution in [0.1, 0.15) is 10.5 Å². The lowest BCUT2D eigenvalue weighted by Gasteiger charge is -2.06. The number of aromatic nitrogens is 4. The Morgan fingerprint density at radius 2 is 1.95 bits per heavy atom. The summed E-state index contributed by atoms with van der Waals surface area (Å²) in [4.78, 5) is 15.2. The minimum absolute atomic E-state index is 0.160. The number of carbonyl (C=O) groups is 1. The third-order valence-corrected chi connectivity index (χ3v) is 2.84. The summed E-state index contributed by atoms with van der Waals surface area (Å²) in [5, 5.41) is 17.2. The van der Waals surface area contributed by atoms with Gasteiger partial charge in [-0.2, -0.15) is 0 Å². The highest BCUT2D eigenvalue weighted by atomic mass is 16.3. The lowest BCUT2D eigenvalue weighted by atomic mass is 10.1. The van der Waals surface area contributed by atoms with Crippen molar-refractivity contribution in [2.75, 3.05) is 0 Å². The monoisotopic (exact) mass is 266 g/mol. The molecule has 6 heteroatoms. The zero-order valence-corrected chi connectivity index (χ0v) is 10.3. The summed E-state index contributed by atoms with van der Waals surface area (Å²) < 4.78 is 1.54. The maximum atomic E-state index is 11.1. The molecule has 1 N–H and O–H groups in total. The molecule has 0 fully saturated rings. The number of hydrogen-bond donors (Lipinski definition) is 1. The number of pyridine rings is 1. The number of aromatic hydroxyl groups is 1. The van der Waals surface area contributed by atoms with Gasteiger partial charge < -0.3 is 5.11 Å². The predicted octanol–water partition coefficient (Wildman–Crippen LogP) is 1.85. The quantitative estimate of drug-likeness (QED) is 0.732. The maximum Gasteiger partial charge on any atom is 0.172 e. The average molecular weight is 266 g/mol. The summed E-state index contributed by atoms with van der Waals surface area (Å²) in [6.07, 6.45) is 3.95. The van der Waals surface area contributed by atoms with Gasteiger partial charge in [0.2, 0.25) is 0 Å². The van der Waals surface area contributed by atoms with Crippen LogP contribution in [0.5, 0.6) is 5.75 Å². The van der Waals surface area contributed by atoms with Gasteiger partial charge in [0.05, 0.1) is 5.69 Å². The molecule has 0 radical (unpaired) electrons. The van der Waals surface area contributed by atoms with Crippen molar-refractivity contribution in [2.24, 2.45) is 0 Å². The van der Waals surface area contributed by atoms with Crippen LogP contribution in [0.15, 0.2) is 48.8 Å². The lowest BCUT2D eigenvalue weighted by molar-refractivity contribution is 0.111. The number of hydrogen-bond acceptors (Lipinski definition) is 5. The van der Waals surface area contributed by atoms with Crippen molar-refractivity contribution in [2.45, 2.75) is 0 Å². The first-order chi connectivity index (χ1) is 9.79. The normalized spacial score (nSPS) is 10.4. The molecule has 0 aliphatic heterocycles. The van der Waals surface area contributed by atoms with E-state index in [-0.39, 0.29) is 11.4 Å².